The summed E-state index contributed by atoms with van der Waals surface area (Å²) in [4.78, 5) is 14.9. The Kier molecular flexibility index (Phi) is 3.01. The molecule has 1 aromatic heterocycles. The Hall–Kier alpha value is -1.38. The molecule has 0 aliphatic rings. The number of carbonyl (C=O) groups is 1. The molecule has 0 saturated heterocycles. The van der Waals surface area contributed by atoms with Crippen molar-refractivity contribution in [3.05, 3.63) is 24.0 Å². The summed E-state index contributed by atoms with van der Waals surface area (Å²) in [7, 11) is 0. The number of hydrogen-bond acceptors (Lipinski definition) is 3. The largest absolute Gasteiger partial charge is 0.491 e. The smallest absolute Gasteiger partial charge is 0.178 e. The molecule has 0 bridgehead atoms. The van der Waals surface area contributed by atoms with Crippen molar-refractivity contribution in [3.63, 3.8) is 0 Å². The van der Waals surface area contributed by atoms with Crippen LogP contribution in [0.5, 0.6) is 5.75 Å². The van der Waals surface area contributed by atoms with Gasteiger partial charge in [0.15, 0.2) is 5.78 Å². The van der Waals surface area contributed by atoms with Crippen LogP contribution < -0.4 is 4.74 Å². The highest BCUT2D eigenvalue weighted by Crippen LogP contribution is 2.12. The number of aromatic nitrogens is 1. The van der Waals surface area contributed by atoms with E-state index < -0.39 is 0 Å². The lowest BCUT2D eigenvalue weighted by molar-refractivity contribution is 0.101. The number of hydrogen-bond donors (Lipinski definition) is 0. The standard InChI is InChI=1S/C10H13NO2/c1-7(2)13-9-4-5-11-10(6-9)8(3)12/h4-7H,1-3H3. The van der Waals surface area contributed by atoms with Gasteiger partial charge in [0, 0.05) is 19.2 Å². The fourth-order valence-corrected chi connectivity index (χ4v) is 0.949. The van der Waals surface area contributed by atoms with Crippen molar-refractivity contribution >= 4 is 5.78 Å². The number of rotatable bonds is 3. The first kappa shape index (κ1) is 9.71. The summed E-state index contributed by atoms with van der Waals surface area (Å²) < 4.78 is 5.41. The van der Waals surface area contributed by atoms with Crippen LogP contribution in [0.2, 0.25) is 0 Å². The molecule has 0 spiro atoms. The maximum Gasteiger partial charge on any atom is 0.178 e. The molecule has 1 rings (SSSR count). The minimum Gasteiger partial charge on any atom is -0.491 e. The lowest BCUT2D eigenvalue weighted by Crippen LogP contribution is -2.06. The fourth-order valence-electron chi connectivity index (χ4n) is 0.949. The molecular formula is C10H13NO2. The normalized spacial score (nSPS) is 10.2. The Morgan fingerprint density at radius 2 is 2.23 bits per heavy atom. The third-order valence-electron chi connectivity index (χ3n) is 1.46. The number of pyridine rings is 1. The van der Waals surface area contributed by atoms with Crippen molar-refractivity contribution in [2.75, 3.05) is 0 Å². The quantitative estimate of drug-likeness (QED) is 0.667. The summed E-state index contributed by atoms with van der Waals surface area (Å²) in [5.74, 6) is 0.643. The van der Waals surface area contributed by atoms with Gasteiger partial charge in [-0.3, -0.25) is 9.78 Å². The maximum absolute atomic E-state index is 11.0. The zero-order valence-corrected chi connectivity index (χ0v) is 8.07. The van der Waals surface area contributed by atoms with E-state index in [1.54, 1.807) is 18.3 Å². The molecule has 0 aliphatic carbocycles. The van der Waals surface area contributed by atoms with Gasteiger partial charge in [0.2, 0.25) is 0 Å². The predicted octanol–water partition coefficient (Wildman–Crippen LogP) is 2.07. The molecule has 3 heteroatoms. The molecule has 0 amide bonds. The molecule has 0 aromatic carbocycles. The SMILES string of the molecule is CC(=O)c1cc(OC(C)C)ccn1. The zero-order chi connectivity index (χ0) is 9.84. The van der Waals surface area contributed by atoms with Crippen molar-refractivity contribution in [1.29, 1.82) is 0 Å². The molecule has 0 unspecified atom stereocenters. The molecule has 0 fully saturated rings. The number of carbonyl (C=O) groups excluding carboxylic acids is 1. The summed E-state index contributed by atoms with van der Waals surface area (Å²) in [5.41, 5.74) is 0.443. The van der Waals surface area contributed by atoms with E-state index in [-0.39, 0.29) is 11.9 Å². The minimum atomic E-state index is -0.0470. The monoisotopic (exact) mass is 179 g/mol. The molecule has 1 heterocycles. The van der Waals surface area contributed by atoms with E-state index in [4.69, 9.17) is 4.74 Å². The summed E-state index contributed by atoms with van der Waals surface area (Å²) in [6.07, 6.45) is 1.69. The Labute approximate surface area is 77.8 Å². The molecule has 0 atom stereocenters. The van der Waals surface area contributed by atoms with E-state index in [1.807, 2.05) is 13.8 Å². The molecule has 13 heavy (non-hydrogen) atoms. The van der Waals surface area contributed by atoms with Gasteiger partial charge in [-0.2, -0.15) is 0 Å². The first-order valence-corrected chi connectivity index (χ1v) is 4.23. The predicted molar refractivity (Wildman–Crippen MR) is 50.0 cm³/mol. The summed E-state index contributed by atoms with van der Waals surface area (Å²) in [5, 5.41) is 0. The van der Waals surface area contributed by atoms with Crippen LogP contribution >= 0.6 is 0 Å². The second-order valence-electron chi connectivity index (χ2n) is 3.10. The number of ketones is 1. The van der Waals surface area contributed by atoms with E-state index in [0.29, 0.717) is 11.4 Å². The highest BCUT2D eigenvalue weighted by molar-refractivity contribution is 5.92. The molecule has 70 valence electrons. The van der Waals surface area contributed by atoms with Gasteiger partial charge in [-0.25, -0.2) is 0 Å². The first-order valence-electron chi connectivity index (χ1n) is 4.23. The van der Waals surface area contributed by atoms with Gasteiger partial charge >= 0.3 is 0 Å². The van der Waals surface area contributed by atoms with Gasteiger partial charge in [0.25, 0.3) is 0 Å². The van der Waals surface area contributed by atoms with Crippen LogP contribution in [0.1, 0.15) is 31.3 Å². The van der Waals surface area contributed by atoms with E-state index in [0.717, 1.165) is 0 Å². The van der Waals surface area contributed by atoms with E-state index in [2.05, 4.69) is 4.98 Å². The lowest BCUT2D eigenvalue weighted by Gasteiger charge is -2.09. The van der Waals surface area contributed by atoms with E-state index >= 15 is 0 Å². The topological polar surface area (TPSA) is 39.2 Å². The van der Waals surface area contributed by atoms with E-state index in [1.165, 1.54) is 6.92 Å². The average Bonchev–Trinajstić information content (AvgIpc) is 2.03. The van der Waals surface area contributed by atoms with Crippen LogP contribution in [0.25, 0.3) is 0 Å². The van der Waals surface area contributed by atoms with Crippen LogP contribution in [-0.2, 0) is 0 Å². The van der Waals surface area contributed by atoms with Gasteiger partial charge in [-0.05, 0) is 19.9 Å². The Bertz CT molecular complexity index is 308. The number of nitrogens with zero attached hydrogens (tertiary/aromatic N) is 1. The van der Waals surface area contributed by atoms with Gasteiger partial charge in [0.05, 0.1) is 6.10 Å². The van der Waals surface area contributed by atoms with Crippen LogP contribution in [0, 0.1) is 0 Å². The third-order valence-corrected chi connectivity index (χ3v) is 1.46. The van der Waals surface area contributed by atoms with Crippen molar-refractivity contribution in [1.82, 2.24) is 4.98 Å². The highest BCUT2D eigenvalue weighted by Gasteiger charge is 2.03. The molecule has 0 saturated carbocycles. The van der Waals surface area contributed by atoms with Gasteiger partial charge in [-0.15, -0.1) is 0 Å². The summed E-state index contributed by atoms with van der Waals surface area (Å²) in [6, 6.07) is 3.40. The molecule has 3 nitrogen and oxygen atoms in total. The highest BCUT2D eigenvalue weighted by atomic mass is 16.5. The maximum atomic E-state index is 11.0. The van der Waals surface area contributed by atoms with Gasteiger partial charge < -0.3 is 4.74 Å². The van der Waals surface area contributed by atoms with Crippen LogP contribution in [0.4, 0.5) is 0 Å². The number of ether oxygens (including phenoxy) is 1. The average molecular weight is 179 g/mol. The van der Waals surface area contributed by atoms with Crippen molar-refractivity contribution in [2.24, 2.45) is 0 Å². The van der Waals surface area contributed by atoms with Gasteiger partial charge in [-0.1, -0.05) is 0 Å². The molecule has 0 N–H and O–H groups in total. The third kappa shape index (κ3) is 2.86. The molecule has 0 radical (unpaired) electrons. The van der Waals surface area contributed by atoms with Gasteiger partial charge in [0.1, 0.15) is 11.4 Å². The number of Topliss-reactive ketones (excluding diaryl/α,β-unsaturated/α-hetero) is 1. The zero-order valence-electron chi connectivity index (χ0n) is 8.07. The Morgan fingerprint density at radius 3 is 2.77 bits per heavy atom. The molecular weight excluding hydrogens is 166 g/mol. The molecule has 0 aliphatic heterocycles. The lowest BCUT2D eigenvalue weighted by atomic mass is 10.2. The Morgan fingerprint density at radius 1 is 1.54 bits per heavy atom. The molecule has 1 aromatic rings. The van der Waals surface area contributed by atoms with Crippen molar-refractivity contribution in [3.8, 4) is 5.75 Å². The van der Waals surface area contributed by atoms with Crippen LogP contribution in [0.3, 0.4) is 0 Å². The first-order chi connectivity index (χ1) is 6.09. The van der Waals surface area contributed by atoms with Crippen molar-refractivity contribution in [2.45, 2.75) is 26.9 Å². The van der Waals surface area contributed by atoms with Crippen molar-refractivity contribution < 1.29 is 9.53 Å². The summed E-state index contributed by atoms with van der Waals surface area (Å²) >= 11 is 0. The second-order valence-corrected chi connectivity index (χ2v) is 3.10. The van der Waals surface area contributed by atoms with Crippen LogP contribution in [-0.4, -0.2) is 16.9 Å². The minimum absolute atomic E-state index is 0.0470. The fraction of sp³-hybridized carbons (Fsp3) is 0.400. The second kappa shape index (κ2) is 4.03. The Balaban J connectivity index is 2.85. The van der Waals surface area contributed by atoms with Crippen LogP contribution in [0.15, 0.2) is 18.3 Å². The van der Waals surface area contributed by atoms with E-state index in [9.17, 15) is 4.79 Å². The summed E-state index contributed by atoms with van der Waals surface area (Å²) in [6.45, 7) is 5.36.